The molecule has 7 rings (SSSR count). The fourth-order valence-electron chi connectivity index (χ4n) is 5.72. The average Bonchev–Trinajstić information content (AvgIpc) is 2.96. The summed E-state index contributed by atoms with van der Waals surface area (Å²) in [6.07, 6.45) is 2.30. The van der Waals surface area contributed by atoms with Gasteiger partial charge in [-0.3, -0.25) is 4.99 Å². The number of aliphatic imine (C=N–C) groups is 1. The Balaban J connectivity index is 1.39. The van der Waals surface area contributed by atoms with Crippen LogP contribution in [0.25, 0.3) is 38.7 Å². The molecule has 0 aromatic heterocycles. The van der Waals surface area contributed by atoms with E-state index in [0.29, 0.717) is 0 Å². The maximum Gasteiger partial charge on any atom is 0.103 e. The van der Waals surface area contributed by atoms with E-state index in [2.05, 4.69) is 146 Å². The van der Waals surface area contributed by atoms with Crippen LogP contribution < -0.4 is 0 Å². The number of aryl methyl sites for hydroxylation is 1. The Morgan fingerprint density at radius 1 is 0.579 bits per heavy atom. The highest BCUT2D eigenvalue weighted by atomic mass is 14.9. The van der Waals surface area contributed by atoms with Crippen LogP contribution in [0, 0.1) is 6.92 Å². The summed E-state index contributed by atoms with van der Waals surface area (Å²) in [4.78, 5) is 5.18. The summed E-state index contributed by atoms with van der Waals surface area (Å²) in [6, 6.07) is 47.8. The average molecular weight is 486 g/mol. The van der Waals surface area contributed by atoms with Crippen molar-refractivity contribution >= 4 is 33.3 Å². The quantitative estimate of drug-likeness (QED) is 0.220. The lowest BCUT2D eigenvalue weighted by Crippen LogP contribution is -2.23. The molecule has 0 saturated carbocycles. The molecule has 1 heterocycles. The smallest absolute Gasteiger partial charge is 0.103 e. The Morgan fingerprint density at radius 3 is 2.03 bits per heavy atom. The molecule has 0 aliphatic carbocycles. The Morgan fingerprint density at radius 2 is 1.24 bits per heavy atom. The molecule has 0 N–H and O–H groups in total. The highest BCUT2D eigenvalue weighted by Crippen LogP contribution is 2.42. The largest absolute Gasteiger partial charge is 0.271 e. The lowest BCUT2D eigenvalue weighted by molar-refractivity contribution is 0.834. The molecule has 0 spiro atoms. The first-order valence-electron chi connectivity index (χ1n) is 13.2. The van der Waals surface area contributed by atoms with Crippen molar-refractivity contribution in [1.82, 2.24) is 0 Å². The van der Waals surface area contributed by atoms with E-state index >= 15 is 0 Å². The SMILES string of the molecule is Cc1cc(-c2cc3ccccc3c3ccccc23)cc(C2N=C(c3ccccc3)/C2=C/c2ccccc2)c1. The van der Waals surface area contributed by atoms with Crippen LogP contribution in [0.5, 0.6) is 0 Å². The van der Waals surface area contributed by atoms with E-state index < -0.39 is 0 Å². The first-order chi connectivity index (χ1) is 18.7. The van der Waals surface area contributed by atoms with Crippen LogP contribution in [0.4, 0.5) is 0 Å². The molecule has 1 aliphatic rings. The second kappa shape index (κ2) is 9.28. The summed E-state index contributed by atoms with van der Waals surface area (Å²) in [7, 11) is 0. The van der Waals surface area contributed by atoms with E-state index in [1.165, 1.54) is 60.5 Å². The monoisotopic (exact) mass is 485 g/mol. The predicted octanol–water partition coefficient (Wildman–Crippen LogP) is 9.60. The number of benzene rings is 6. The zero-order valence-corrected chi connectivity index (χ0v) is 21.3. The summed E-state index contributed by atoms with van der Waals surface area (Å²) in [5.74, 6) is 0. The van der Waals surface area contributed by atoms with E-state index in [0.717, 1.165) is 5.71 Å². The minimum atomic E-state index is 0.00998. The molecule has 1 nitrogen and oxygen atoms in total. The van der Waals surface area contributed by atoms with Gasteiger partial charge in [-0.1, -0.05) is 127 Å². The Kier molecular flexibility index (Phi) is 5.48. The van der Waals surface area contributed by atoms with Gasteiger partial charge in [-0.05, 0) is 68.9 Å². The molecule has 0 saturated heterocycles. The number of nitrogens with zero attached hydrogens (tertiary/aromatic N) is 1. The first-order valence-corrected chi connectivity index (χ1v) is 13.2. The van der Waals surface area contributed by atoms with Crippen molar-refractivity contribution in [3.05, 3.63) is 161 Å². The van der Waals surface area contributed by atoms with Crippen molar-refractivity contribution in [3.8, 4) is 11.1 Å². The zero-order valence-electron chi connectivity index (χ0n) is 21.3. The lowest BCUT2D eigenvalue weighted by Gasteiger charge is -2.30. The van der Waals surface area contributed by atoms with Crippen molar-refractivity contribution in [3.63, 3.8) is 0 Å². The second-order valence-corrected chi connectivity index (χ2v) is 10.1. The highest BCUT2D eigenvalue weighted by Gasteiger charge is 2.31. The highest BCUT2D eigenvalue weighted by molar-refractivity contribution is 6.20. The van der Waals surface area contributed by atoms with Crippen molar-refractivity contribution in [2.45, 2.75) is 13.0 Å². The first kappa shape index (κ1) is 22.4. The number of hydrogen-bond acceptors (Lipinski definition) is 1. The molecule has 1 aliphatic heterocycles. The maximum absolute atomic E-state index is 5.18. The van der Waals surface area contributed by atoms with Crippen molar-refractivity contribution in [1.29, 1.82) is 0 Å². The van der Waals surface area contributed by atoms with E-state index in [1.807, 2.05) is 0 Å². The van der Waals surface area contributed by atoms with Crippen molar-refractivity contribution in [2.24, 2.45) is 4.99 Å². The van der Waals surface area contributed by atoms with Gasteiger partial charge in [0.1, 0.15) is 6.04 Å². The molecule has 6 aromatic rings. The summed E-state index contributed by atoms with van der Waals surface area (Å²) < 4.78 is 0. The zero-order chi connectivity index (χ0) is 25.5. The summed E-state index contributed by atoms with van der Waals surface area (Å²) in [6.45, 7) is 2.19. The predicted molar refractivity (Wildman–Crippen MR) is 162 cm³/mol. The Bertz CT molecular complexity index is 1860. The van der Waals surface area contributed by atoms with Crippen LogP contribution in [0.3, 0.4) is 0 Å². The number of hydrogen-bond donors (Lipinski definition) is 0. The van der Waals surface area contributed by atoms with Crippen LogP contribution in [-0.2, 0) is 0 Å². The van der Waals surface area contributed by atoms with E-state index in [1.54, 1.807) is 0 Å². The minimum absolute atomic E-state index is 0.00998. The molecule has 1 unspecified atom stereocenters. The van der Waals surface area contributed by atoms with Gasteiger partial charge in [-0.2, -0.15) is 0 Å². The lowest BCUT2D eigenvalue weighted by atomic mass is 9.83. The Labute approximate surface area is 223 Å². The minimum Gasteiger partial charge on any atom is -0.271 e. The fraction of sp³-hybridized carbons (Fsp3) is 0.0541. The molecule has 180 valence electrons. The van der Waals surface area contributed by atoms with Gasteiger partial charge in [0.2, 0.25) is 0 Å². The van der Waals surface area contributed by atoms with Gasteiger partial charge < -0.3 is 0 Å². The van der Waals surface area contributed by atoms with Gasteiger partial charge in [0.25, 0.3) is 0 Å². The third-order valence-corrected chi connectivity index (χ3v) is 7.49. The molecule has 38 heavy (non-hydrogen) atoms. The summed E-state index contributed by atoms with van der Waals surface area (Å²) in [5, 5.41) is 5.14. The van der Waals surface area contributed by atoms with Gasteiger partial charge in [0, 0.05) is 11.1 Å². The van der Waals surface area contributed by atoms with Crippen LogP contribution in [0.2, 0.25) is 0 Å². The molecule has 0 bridgehead atoms. The third-order valence-electron chi connectivity index (χ3n) is 7.49. The standard InChI is InChI=1S/C37H27N/c1-25-20-29(34-24-28-16-8-9-17-31(28)32-18-10-11-19-33(32)34)23-30(21-25)37-35(22-26-12-4-2-5-13-26)36(38-37)27-14-6-3-7-15-27/h2-24,37H,1H3/b35-22-. The van der Waals surface area contributed by atoms with E-state index in [4.69, 9.17) is 4.99 Å². The fourth-order valence-corrected chi connectivity index (χ4v) is 5.72. The summed E-state index contributed by atoms with van der Waals surface area (Å²) in [5.41, 5.74) is 9.70. The normalized spacial score (nSPS) is 16.0. The van der Waals surface area contributed by atoms with Crippen LogP contribution >= 0.6 is 0 Å². The van der Waals surface area contributed by atoms with Crippen molar-refractivity contribution < 1.29 is 0 Å². The Hall–Kier alpha value is -4.75. The number of fused-ring (bicyclic) bond motifs is 3. The third kappa shape index (κ3) is 3.93. The second-order valence-electron chi connectivity index (χ2n) is 10.1. The topological polar surface area (TPSA) is 12.4 Å². The summed E-state index contributed by atoms with van der Waals surface area (Å²) >= 11 is 0. The molecule has 1 atom stereocenters. The van der Waals surface area contributed by atoms with Gasteiger partial charge in [0.05, 0.1) is 5.71 Å². The molecule has 0 fully saturated rings. The van der Waals surface area contributed by atoms with Gasteiger partial charge in [-0.25, -0.2) is 0 Å². The van der Waals surface area contributed by atoms with Crippen LogP contribution in [0.1, 0.15) is 28.3 Å². The number of rotatable bonds is 4. The molecule has 6 aromatic carbocycles. The van der Waals surface area contributed by atoms with E-state index in [9.17, 15) is 0 Å². The molecule has 0 amide bonds. The van der Waals surface area contributed by atoms with Crippen LogP contribution in [0.15, 0.2) is 144 Å². The molecule has 0 radical (unpaired) electrons. The van der Waals surface area contributed by atoms with Gasteiger partial charge in [-0.15, -0.1) is 0 Å². The molecule has 1 heteroatoms. The van der Waals surface area contributed by atoms with Crippen molar-refractivity contribution in [2.75, 3.05) is 0 Å². The molecular formula is C37H27N. The van der Waals surface area contributed by atoms with E-state index in [-0.39, 0.29) is 6.04 Å². The van der Waals surface area contributed by atoms with Gasteiger partial charge in [0.15, 0.2) is 0 Å². The van der Waals surface area contributed by atoms with Gasteiger partial charge >= 0.3 is 0 Å². The molecular weight excluding hydrogens is 458 g/mol. The van der Waals surface area contributed by atoms with Crippen LogP contribution in [-0.4, -0.2) is 5.71 Å². The maximum atomic E-state index is 5.18.